The summed E-state index contributed by atoms with van der Waals surface area (Å²) in [6.07, 6.45) is 3.53. The fraction of sp³-hybridized carbons (Fsp3) is 0.533. The van der Waals surface area contributed by atoms with Crippen LogP contribution in [0.25, 0.3) is 0 Å². The van der Waals surface area contributed by atoms with Crippen molar-refractivity contribution in [2.75, 3.05) is 37.6 Å². The van der Waals surface area contributed by atoms with E-state index in [1.54, 1.807) is 12.3 Å². The molecule has 1 amide bonds. The summed E-state index contributed by atoms with van der Waals surface area (Å²) in [5.74, 6) is 0.212. The summed E-state index contributed by atoms with van der Waals surface area (Å²) in [5, 5.41) is 12.2. The van der Waals surface area contributed by atoms with Gasteiger partial charge in [0.15, 0.2) is 0 Å². The van der Waals surface area contributed by atoms with Crippen molar-refractivity contribution in [3.63, 3.8) is 0 Å². The topological polar surface area (TPSA) is 72.3 Å². The maximum atomic E-state index is 12.7. The fourth-order valence-corrected chi connectivity index (χ4v) is 3.09. The lowest BCUT2D eigenvalue weighted by molar-refractivity contribution is -0.132. The first-order valence-corrected chi connectivity index (χ1v) is 7.42. The zero-order valence-corrected chi connectivity index (χ0v) is 12.0. The molecule has 6 nitrogen and oxygen atoms in total. The van der Waals surface area contributed by atoms with Crippen molar-refractivity contribution in [2.24, 2.45) is 0 Å². The standard InChI is InChI=1S/C15H19N5O/c16-11-12-10-13(3-4-18-12)20-7-1-2-14(20)15(21)19-8-5-17-6-9-19/h3-4,10,14,17H,1-2,5-9H2. The van der Waals surface area contributed by atoms with Gasteiger partial charge in [0.25, 0.3) is 0 Å². The summed E-state index contributed by atoms with van der Waals surface area (Å²) in [7, 11) is 0. The van der Waals surface area contributed by atoms with Gasteiger partial charge in [-0.2, -0.15) is 5.26 Å². The highest BCUT2D eigenvalue weighted by Gasteiger charge is 2.34. The molecule has 1 aromatic heterocycles. The number of aromatic nitrogens is 1. The van der Waals surface area contributed by atoms with Gasteiger partial charge in [-0.15, -0.1) is 0 Å². The number of carbonyl (C=O) groups is 1. The molecule has 0 aliphatic carbocycles. The molecule has 0 radical (unpaired) electrons. The van der Waals surface area contributed by atoms with Crippen molar-refractivity contribution in [2.45, 2.75) is 18.9 Å². The molecular formula is C15H19N5O. The van der Waals surface area contributed by atoms with E-state index in [9.17, 15) is 4.79 Å². The van der Waals surface area contributed by atoms with E-state index in [1.165, 1.54) is 0 Å². The van der Waals surface area contributed by atoms with E-state index in [-0.39, 0.29) is 11.9 Å². The first-order valence-electron chi connectivity index (χ1n) is 7.42. The second kappa shape index (κ2) is 6.10. The predicted molar refractivity (Wildman–Crippen MR) is 78.8 cm³/mol. The lowest BCUT2D eigenvalue weighted by Gasteiger charge is -2.33. The smallest absolute Gasteiger partial charge is 0.245 e. The van der Waals surface area contributed by atoms with Crippen LogP contribution in [0.5, 0.6) is 0 Å². The van der Waals surface area contributed by atoms with Gasteiger partial charge in [0.2, 0.25) is 5.91 Å². The van der Waals surface area contributed by atoms with E-state index in [4.69, 9.17) is 5.26 Å². The molecule has 6 heteroatoms. The minimum atomic E-state index is -0.1000. The number of hydrogen-bond donors (Lipinski definition) is 1. The number of pyridine rings is 1. The Bertz CT molecular complexity index is 561. The van der Waals surface area contributed by atoms with E-state index in [0.29, 0.717) is 5.69 Å². The van der Waals surface area contributed by atoms with Crippen LogP contribution in [0.2, 0.25) is 0 Å². The SMILES string of the molecule is N#Cc1cc(N2CCCC2C(=O)N2CCNCC2)ccn1. The van der Waals surface area contributed by atoms with Crippen molar-refractivity contribution in [3.05, 3.63) is 24.0 Å². The number of carbonyl (C=O) groups excluding carboxylic acids is 1. The minimum absolute atomic E-state index is 0.1000. The maximum Gasteiger partial charge on any atom is 0.245 e. The summed E-state index contributed by atoms with van der Waals surface area (Å²) >= 11 is 0. The number of nitrogens with one attached hydrogen (secondary N) is 1. The van der Waals surface area contributed by atoms with E-state index in [1.807, 2.05) is 11.0 Å². The summed E-state index contributed by atoms with van der Waals surface area (Å²) in [5.41, 5.74) is 1.32. The van der Waals surface area contributed by atoms with Gasteiger partial charge in [0.1, 0.15) is 17.8 Å². The molecule has 1 atom stereocenters. The highest BCUT2D eigenvalue weighted by Crippen LogP contribution is 2.27. The van der Waals surface area contributed by atoms with Gasteiger partial charge >= 0.3 is 0 Å². The van der Waals surface area contributed by atoms with Crippen molar-refractivity contribution in [1.29, 1.82) is 5.26 Å². The first-order chi connectivity index (χ1) is 10.3. The van der Waals surface area contributed by atoms with E-state index in [0.717, 1.165) is 51.3 Å². The van der Waals surface area contributed by atoms with Crippen molar-refractivity contribution >= 4 is 11.6 Å². The summed E-state index contributed by atoms with van der Waals surface area (Å²) in [4.78, 5) is 20.8. The number of nitrogens with zero attached hydrogens (tertiary/aromatic N) is 4. The summed E-state index contributed by atoms with van der Waals surface area (Å²) in [6, 6.07) is 5.60. The number of nitriles is 1. The summed E-state index contributed by atoms with van der Waals surface area (Å²) < 4.78 is 0. The quantitative estimate of drug-likeness (QED) is 0.849. The first kappa shape index (κ1) is 13.8. The highest BCUT2D eigenvalue weighted by molar-refractivity contribution is 5.86. The Labute approximate surface area is 124 Å². The second-order valence-electron chi connectivity index (χ2n) is 5.44. The van der Waals surface area contributed by atoms with Crippen LogP contribution in [0.3, 0.4) is 0 Å². The zero-order valence-electron chi connectivity index (χ0n) is 12.0. The summed E-state index contributed by atoms with van der Waals surface area (Å²) in [6.45, 7) is 4.15. The Kier molecular flexibility index (Phi) is 4.02. The molecule has 21 heavy (non-hydrogen) atoms. The third-order valence-electron chi connectivity index (χ3n) is 4.16. The van der Waals surface area contributed by atoms with Crippen molar-refractivity contribution in [1.82, 2.24) is 15.2 Å². The number of hydrogen-bond acceptors (Lipinski definition) is 5. The van der Waals surface area contributed by atoms with E-state index < -0.39 is 0 Å². The Balaban J connectivity index is 1.78. The molecule has 0 saturated carbocycles. The van der Waals surface area contributed by atoms with Crippen molar-refractivity contribution < 1.29 is 4.79 Å². The number of piperazine rings is 1. The van der Waals surface area contributed by atoms with Gasteiger partial charge in [0.05, 0.1) is 0 Å². The van der Waals surface area contributed by atoms with Crippen LogP contribution in [-0.2, 0) is 4.79 Å². The molecule has 2 aliphatic heterocycles. The lowest BCUT2D eigenvalue weighted by atomic mass is 10.1. The van der Waals surface area contributed by atoms with Gasteiger partial charge in [-0.1, -0.05) is 0 Å². The molecule has 2 fully saturated rings. The average Bonchev–Trinajstić information content (AvgIpc) is 3.04. The lowest BCUT2D eigenvalue weighted by Crippen LogP contribution is -2.52. The largest absolute Gasteiger partial charge is 0.359 e. The Morgan fingerprint density at radius 2 is 2.19 bits per heavy atom. The molecule has 3 rings (SSSR count). The highest BCUT2D eigenvalue weighted by atomic mass is 16.2. The number of rotatable bonds is 2. The molecule has 0 aromatic carbocycles. The molecule has 1 unspecified atom stereocenters. The van der Waals surface area contributed by atoms with Gasteiger partial charge < -0.3 is 15.1 Å². The normalized spacial score (nSPS) is 22.1. The van der Waals surface area contributed by atoms with Gasteiger partial charge in [-0.3, -0.25) is 4.79 Å². The van der Waals surface area contributed by atoms with Crippen molar-refractivity contribution in [3.8, 4) is 6.07 Å². The molecule has 1 aromatic rings. The van der Waals surface area contributed by atoms with Crippen LogP contribution in [0.1, 0.15) is 18.5 Å². The Morgan fingerprint density at radius 1 is 1.38 bits per heavy atom. The van der Waals surface area contributed by atoms with Crippen LogP contribution < -0.4 is 10.2 Å². The molecular weight excluding hydrogens is 266 g/mol. The molecule has 3 heterocycles. The second-order valence-corrected chi connectivity index (χ2v) is 5.44. The van der Waals surface area contributed by atoms with Gasteiger partial charge in [-0.05, 0) is 25.0 Å². The molecule has 1 N–H and O–H groups in total. The molecule has 2 saturated heterocycles. The Hall–Kier alpha value is -2.13. The monoisotopic (exact) mass is 285 g/mol. The molecule has 0 bridgehead atoms. The van der Waals surface area contributed by atoms with Crippen LogP contribution in [0, 0.1) is 11.3 Å². The zero-order chi connectivity index (χ0) is 14.7. The third kappa shape index (κ3) is 2.83. The van der Waals surface area contributed by atoms with Crippen LogP contribution in [-0.4, -0.2) is 54.6 Å². The number of amides is 1. The van der Waals surface area contributed by atoms with Gasteiger partial charge in [0, 0.05) is 44.6 Å². The van der Waals surface area contributed by atoms with Crippen LogP contribution in [0.15, 0.2) is 18.3 Å². The van der Waals surface area contributed by atoms with E-state index in [2.05, 4.69) is 21.3 Å². The molecule has 110 valence electrons. The fourth-order valence-electron chi connectivity index (χ4n) is 3.09. The third-order valence-corrected chi connectivity index (χ3v) is 4.16. The molecule has 2 aliphatic rings. The Morgan fingerprint density at radius 3 is 2.95 bits per heavy atom. The predicted octanol–water partition coefficient (Wildman–Crippen LogP) is 0.354. The maximum absolute atomic E-state index is 12.7. The van der Waals surface area contributed by atoms with Gasteiger partial charge in [-0.25, -0.2) is 4.98 Å². The number of anilines is 1. The van der Waals surface area contributed by atoms with Crippen LogP contribution in [0.4, 0.5) is 5.69 Å². The minimum Gasteiger partial charge on any atom is -0.359 e. The van der Waals surface area contributed by atoms with E-state index >= 15 is 0 Å². The van der Waals surface area contributed by atoms with Crippen LogP contribution >= 0.6 is 0 Å². The molecule has 0 spiro atoms. The average molecular weight is 285 g/mol.